The molecule has 1 unspecified atom stereocenters. The van der Waals surface area contributed by atoms with E-state index in [0.717, 1.165) is 29.5 Å². The molecule has 4 rings (SSSR count). The van der Waals surface area contributed by atoms with Crippen LogP contribution in [0.25, 0.3) is 5.57 Å². The first-order valence-electron chi connectivity index (χ1n) is 11.7. The molecule has 182 valence electrons. The number of allylic oxidation sites excluding steroid dienone is 3. The highest BCUT2D eigenvalue weighted by molar-refractivity contribution is 7.10. The van der Waals surface area contributed by atoms with Gasteiger partial charge in [0.25, 0.3) is 11.8 Å². The van der Waals surface area contributed by atoms with Crippen molar-refractivity contribution in [1.82, 2.24) is 10.2 Å². The van der Waals surface area contributed by atoms with Crippen LogP contribution < -0.4 is 5.32 Å². The Morgan fingerprint density at radius 1 is 1.26 bits per heavy atom. The second kappa shape index (κ2) is 10.6. The zero-order valence-electron chi connectivity index (χ0n) is 19.6. The van der Waals surface area contributed by atoms with Gasteiger partial charge in [-0.3, -0.25) is 9.59 Å². The molecule has 1 aromatic carbocycles. The van der Waals surface area contributed by atoms with Gasteiger partial charge in [0.1, 0.15) is 10.9 Å². The third kappa shape index (κ3) is 5.38. The normalized spacial score (nSPS) is 23.3. The second-order valence-corrected chi connectivity index (χ2v) is 10.3. The van der Waals surface area contributed by atoms with Crippen molar-refractivity contribution >= 4 is 28.7 Å². The number of amides is 2. The Morgan fingerprint density at radius 2 is 2.03 bits per heavy atom. The number of aliphatic hydroxyl groups excluding tert-OH is 2. The molecule has 1 saturated heterocycles. The topological polar surface area (TPSA) is 114 Å². The zero-order valence-corrected chi connectivity index (χ0v) is 20.4. The Labute approximate surface area is 209 Å². The lowest BCUT2D eigenvalue weighted by atomic mass is 9.80. The highest BCUT2D eigenvalue weighted by Gasteiger charge is 2.38. The van der Waals surface area contributed by atoms with Crippen LogP contribution in [0, 0.1) is 16.7 Å². The summed E-state index contributed by atoms with van der Waals surface area (Å²) >= 11 is 1.40. The lowest BCUT2D eigenvalue weighted by molar-refractivity contribution is -0.154. The summed E-state index contributed by atoms with van der Waals surface area (Å²) in [5.41, 5.74) is 2.43. The number of thiophene rings is 1. The molecular weight excluding hydrogens is 462 g/mol. The molecule has 35 heavy (non-hydrogen) atoms. The summed E-state index contributed by atoms with van der Waals surface area (Å²) in [7, 11) is 0. The van der Waals surface area contributed by atoms with Gasteiger partial charge in [0.15, 0.2) is 12.2 Å². The lowest BCUT2D eigenvalue weighted by Crippen LogP contribution is -2.51. The number of hydrogen-bond acceptors (Lipinski definition) is 6. The molecule has 2 amide bonds. The van der Waals surface area contributed by atoms with Crippen molar-refractivity contribution in [2.45, 2.75) is 44.4 Å². The van der Waals surface area contributed by atoms with Gasteiger partial charge in [0.05, 0.1) is 6.04 Å². The van der Waals surface area contributed by atoms with Crippen molar-refractivity contribution in [3.8, 4) is 6.07 Å². The van der Waals surface area contributed by atoms with E-state index in [1.807, 2.05) is 66.9 Å². The van der Waals surface area contributed by atoms with Crippen LogP contribution in [0.4, 0.5) is 0 Å². The molecule has 0 radical (unpaired) electrons. The molecule has 7 nitrogen and oxygen atoms in total. The van der Waals surface area contributed by atoms with Crippen LogP contribution >= 0.6 is 11.3 Å². The number of nitriles is 1. The molecule has 0 bridgehead atoms. The van der Waals surface area contributed by atoms with Crippen LogP contribution in [-0.2, 0) is 9.59 Å². The summed E-state index contributed by atoms with van der Waals surface area (Å²) in [6.45, 7) is 2.67. The fraction of sp³-hybridized carbons (Fsp3) is 0.370. The molecule has 2 aliphatic rings. The van der Waals surface area contributed by atoms with Crippen molar-refractivity contribution < 1.29 is 19.8 Å². The minimum atomic E-state index is -1.86. The van der Waals surface area contributed by atoms with E-state index < -0.39 is 29.4 Å². The monoisotopic (exact) mass is 491 g/mol. The van der Waals surface area contributed by atoms with Gasteiger partial charge in [0, 0.05) is 24.1 Å². The van der Waals surface area contributed by atoms with Gasteiger partial charge < -0.3 is 20.4 Å². The molecular formula is C27H29N3O4S. The molecule has 1 aliphatic carbocycles. The summed E-state index contributed by atoms with van der Waals surface area (Å²) in [6.07, 6.45) is 4.45. The number of aliphatic hydroxyl groups is 2. The number of carbonyl (C=O) groups is 2. The summed E-state index contributed by atoms with van der Waals surface area (Å²) in [5, 5.41) is 34.8. The Bertz CT molecular complexity index is 1180. The molecule has 1 aromatic heterocycles. The number of rotatable bonds is 7. The van der Waals surface area contributed by atoms with Gasteiger partial charge in [0.2, 0.25) is 0 Å². The van der Waals surface area contributed by atoms with Crippen LogP contribution in [0.15, 0.2) is 60.0 Å². The van der Waals surface area contributed by atoms with Crippen molar-refractivity contribution in [3.63, 3.8) is 0 Å². The van der Waals surface area contributed by atoms with E-state index in [9.17, 15) is 25.1 Å². The zero-order chi connectivity index (χ0) is 25.0. The van der Waals surface area contributed by atoms with Crippen molar-refractivity contribution in [2.75, 3.05) is 13.1 Å². The highest BCUT2D eigenvalue weighted by atomic mass is 32.1. The molecule has 2 aromatic rings. The maximum absolute atomic E-state index is 12.9. The number of carbonyl (C=O) groups excluding carboxylic acids is 2. The number of likely N-dealkylation sites (tertiary alicyclic amines) is 1. The summed E-state index contributed by atoms with van der Waals surface area (Å²) in [6, 6.07) is 13.5. The van der Waals surface area contributed by atoms with Crippen molar-refractivity contribution in [2.24, 2.45) is 5.41 Å². The number of hydrogen-bond donors (Lipinski definition) is 3. The molecule has 4 atom stereocenters. The standard InChI is InChI=1S/C27H29N3O4S/c1-27(12-9-18(10-13-27)20-11-15-35-22(20)16-28)17-29-25(33)23(31)24(32)26(34)30-14-5-8-21(30)19-6-3-2-4-7-19/h2-4,6-7,9-12,15,21,23-24,31-32H,5,8,13-14,17H2,1H3,(H,29,33)/t21-,23-,24-,27?/m1/s1. The average Bonchev–Trinajstić information content (AvgIpc) is 3.57. The summed E-state index contributed by atoms with van der Waals surface area (Å²) in [4.78, 5) is 27.8. The Kier molecular flexibility index (Phi) is 7.51. The third-order valence-electron chi connectivity index (χ3n) is 6.74. The van der Waals surface area contributed by atoms with E-state index in [1.165, 1.54) is 11.3 Å². The first-order chi connectivity index (χ1) is 16.8. The van der Waals surface area contributed by atoms with Crippen molar-refractivity contribution in [3.05, 3.63) is 76.0 Å². The highest BCUT2D eigenvalue weighted by Crippen LogP contribution is 2.35. The Balaban J connectivity index is 1.33. The van der Waals surface area contributed by atoms with Crippen LogP contribution in [0.3, 0.4) is 0 Å². The van der Waals surface area contributed by atoms with Gasteiger partial charge >= 0.3 is 0 Å². The van der Waals surface area contributed by atoms with Gasteiger partial charge in [-0.05, 0) is 41.8 Å². The maximum atomic E-state index is 12.9. The van der Waals surface area contributed by atoms with E-state index >= 15 is 0 Å². The van der Waals surface area contributed by atoms with E-state index in [4.69, 9.17) is 0 Å². The molecule has 0 saturated carbocycles. The van der Waals surface area contributed by atoms with Crippen LogP contribution in [0.2, 0.25) is 0 Å². The minimum Gasteiger partial charge on any atom is -0.380 e. The molecule has 1 fully saturated rings. The molecule has 3 N–H and O–H groups in total. The number of nitrogens with one attached hydrogen (secondary N) is 1. The largest absolute Gasteiger partial charge is 0.380 e. The molecule has 0 spiro atoms. The number of nitrogens with zero attached hydrogens (tertiary/aromatic N) is 2. The SMILES string of the molecule is CC1(CNC(=O)[C@H](O)[C@@H](O)C(=O)N2CCC[C@@H]2c2ccccc2)C=CC(c2ccsc2C#N)=CC1. The molecule has 1 aliphatic heterocycles. The van der Waals surface area contributed by atoms with Gasteiger partial charge in [-0.15, -0.1) is 11.3 Å². The quantitative estimate of drug-likeness (QED) is 0.551. The van der Waals surface area contributed by atoms with Crippen LogP contribution in [0.5, 0.6) is 0 Å². The molecule has 2 heterocycles. The van der Waals surface area contributed by atoms with E-state index in [2.05, 4.69) is 11.4 Å². The van der Waals surface area contributed by atoms with Crippen molar-refractivity contribution in [1.29, 1.82) is 5.26 Å². The minimum absolute atomic E-state index is 0.175. The van der Waals surface area contributed by atoms with Gasteiger partial charge in [-0.1, -0.05) is 55.5 Å². The maximum Gasteiger partial charge on any atom is 0.255 e. The Hall–Kier alpha value is -3.25. The first-order valence-corrected chi connectivity index (χ1v) is 12.6. The van der Waals surface area contributed by atoms with Gasteiger partial charge in [-0.25, -0.2) is 0 Å². The van der Waals surface area contributed by atoms with E-state index in [-0.39, 0.29) is 12.6 Å². The van der Waals surface area contributed by atoms with Crippen LogP contribution in [0.1, 0.15) is 48.2 Å². The summed E-state index contributed by atoms with van der Waals surface area (Å²) in [5.74, 6) is -1.42. The van der Waals surface area contributed by atoms with E-state index in [1.54, 1.807) is 4.90 Å². The van der Waals surface area contributed by atoms with Gasteiger partial charge in [-0.2, -0.15) is 5.26 Å². The van der Waals surface area contributed by atoms with Crippen LogP contribution in [-0.4, -0.2) is 52.2 Å². The number of benzene rings is 1. The van der Waals surface area contributed by atoms with E-state index in [0.29, 0.717) is 17.8 Å². The first kappa shape index (κ1) is 24.9. The predicted octanol–water partition coefficient (Wildman–Crippen LogP) is 3.17. The predicted molar refractivity (Wildman–Crippen MR) is 134 cm³/mol. The smallest absolute Gasteiger partial charge is 0.255 e. The Morgan fingerprint density at radius 3 is 2.71 bits per heavy atom. The fourth-order valence-corrected chi connectivity index (χ4v) is 5.32. The fourth-order valence-electron chi connectivity index (χ4n) is 4.62. The third-order valence-corrected chi connectivity index (χ3v) is 7.56. The summed E-state index contributed by atoms with van der Waals surface area (Å²) < 4.78 is 0. The molecule has 8 heteroatoms. The lowest BCUT2D eigenvalue weighted by Gasteiger charge is -2.30. The average molecular weight is 492 g/mol. The second-order valence-electron chi connectivity index (χ2n) is 9.33.